The van der Waals surface area contributed by atoms with Gasteiger partial charge in [-0.3, -0.25) is 9.59 Å². The number of aromatic nitrogens is 4. The summed E-state index contributed by atoms with van der Waals surface area (Å²) in [4.78, 5) is 27.2. The summed E-state index contributed by atoms with van der Waals surface area (Å²) < 4.78 is 0. The van der Waals surface area contributed by atoms with Crippen LogP contribution < -0.4 is 5.32 Å². The summed E-state index contributed by atoms with van der Waals surface area (Å²) in [6, 6.07) is 16.5. The van der Waals surface area contributed by atoms with Crippen LogP contribution in [0.5, 0.6) is 0 Å². The van der Waals surface area contributed by atoms with Gasteiger partial charge in [0.15, 0.2) is 0 Å². The number of benzene rings is 2. The van der Waals surface area contributed by atoms with E-state index in [0.717, 1.165) is 5.56 Å². The van der Waals surface area contributed by atoms with Crippen molar-refractivity contribution in [1.29, 1.82) is 0 Å². The summed E-state index contributed by atoms with van der Waals surface area (Å²) in [6.07, 6.45) is 0.890. The van der Waals surface area contributed by atoms with Gasteiger partial charge in [-0.25, -0.2) is 0 Å². The van der Waals surface area contributed by atoms with E-state index in [4.69, 9.17) is 0 Å². The zero-order chi connectivity index (χ0) is 19.9. The van der Waals surface area contributed by atoms with Crippen molar-refractivity contribution in [2.24, 2.45) is 0 Å². The standard InChI is InChI=1S/C20H22N6O2/c1-25(2)20(28)16-10-6-11-17(14-16)21-18(27)12-7-13-26-23-19(22-24-26)15-8-4-3-5-9-15/h3-6,8-11,14H,7,12-13H2,1-2H3,(H,21,27). The average Bonchev–Trinajstić information content (AvgIpc) is 3.17. The molecule has 3 aromatic rings. The van der Waals surface area contributed by atoms with Gasteiger partial charge in [-0.2, -0.15) is 4.80 Å². The summed E-state index contributed by atoms with van der Waals surface area (Å²) in [5.41, 5.74) is 2.03. The van der Waals surface area contributed by atoms with Gasteiger partial charge in [0, 0.05) is 37.3 Å². The van der Waals surface area contributed by atoms with Gasteiger partial charge >= 0.3 is 0 Å². The molecule has 0 aliphatic heterocycles. The molecule has 0 saturated carbocycles. The molecule has 144 valence electrons. The molecule has 8 nitrogen and oxygen atoms in total. The Bertz CT molecular complexity index is 952. The monoisotopic (exact) mass is 378 g/mol. The maximum Gasteiger partial charge on any atom is 0.253 e. The summed E-state index contributed by atoms with van der Waals surface area (Å²) in [5.74, 6) is 0.327. The van der Waals surface area contributed by atoms with Crippen molar-refractivity contribution in [3.8, 4) is 11.4 Å². The lowest BCUT2D eigenvalue weighted by Crippen LogP contribution is -2.22. The number of hydrogen-bond donors (Lipinski definition) is 1. The molecule has 0 aliphatic rings. The summed E-state index contributed by atoms with van der Waals surface area (Å²) in [6.45, 7) is 0.492. The first-order chi connectivity index (χ1) is 13.5. The Labute approximate surface area is 163 Å². The van der Waals surface area contributed by atoms with Crippen LogP contribution >= 0.6 is 0 Å². The van der Waals surface area contributed by atoms with Gasteiger partial charge in [0.1, 0.15) is 0 Å². The third kappa shape index (κ3) is 5.00. The number of anilines is 1. The predicted octanol–water partition coefficient (Wildman–Crippen LogP) is 2.46. The van der Waals surface area contributed by atoms with Crippen LogP contribution in [-0.2, 0) is 11.3 Å². The maximum absolute atomic E-state index is 12.2. The van der Waals surface area contributed by atoms with Crippen LogP contribution in [0.15, 0.2) is 54.6 Å². The van der Waals surface area contributed by atoms with Crippen LogP contribution in [0.4, 0.5) is 5.69 Å². The number of aryl methyl sites for hydroxylation is 1. The Morgan fingerprint density at radius 1 is 1.07 bits per heavy atom. The van der Waals surface area contributed by atoms with Crippen LogP contribution in [0.1, 0.15) is 23.2 Å². The highest BCUT2D eigenvalue weighted by Crippen LogP contribution is 2.14. The van der Waals surface area contributed by atoms with Crippen molar-refractivity contribution in [3.05, 3.63) is 60.2 Å². The van der Waals surface area contributed by atoms with Crippen LogP contribution in [0.25, 0.3) is 11.4 Å². The first kappa shape index (κ1) is 19.2. The first-order valence-electron chi connectivity index (χ1n) is 8.98. The van der Waals surface area contributed by atoms with Gasteiger partial charge in [-0.1, -0.05) is 36.4 Å². The van der Waals surface area contributed by atoms with Gasteiger partial charge in [-0.05, 0) is 29.8 Å². The maximum atomic E-state index is 12.2. The molecule has 0 unspecified atom stereocenters. The largest absolute Gasteiger partial charge is 0.345 e. The number of rotatable bonds is 7. The number of tetrazole rings is 1. The summed E-state index contributed by atoms with van der Waals surface area (Å²) >= 11 is 0. The quantitative estimate of drug-likeness (QED) is 0.682. The lowest BCUT2D eigenvalue weighted by atomic mass is 10.1. The number of carbonyl (C=O) groups is 2. The van der Waals surface area contributed by atoms with Gasteiger partial charge in [0.05, 0.1) is 6.54 Å². The highest BCUT2D eigenvalue weighted by molar-refractivity contribution is 5.96. The minimum Gasteiger partial charge on any atom is -0.345 e. The van der Waals surface area contributed by atoms with E-state index in [-0.39, 0.29) is 11.8 Å². The molecule has 0 saturated heterocycles. The Hall–Kier alpha value is -3.55. The van der Waals surface area contributed by atoms with Crippen molar-refractivity contribution in [3.63, 3.8) is 0 Å². The van der Waals surface area contributed by atoms with Crippen LogP contribution in [-0.4, -0.2) is 51.0 Å². The number of nitrogens with zero attached hydrogens (tertiary/aromatic N) is 5. The second-order valence-corrected chi connectivity index (χ2v) is 6.51. The normalized spacial score (nSPS) is 10.5. The molecule has 0 aliphatic carbocycles. The SMILES string of the molecule is CN(C)C(=O)c1cccc(NC(=O)CCCn2nnc(-c3ccccc3)n2)c1. The zero-order valence-electron chi connectivity index (χ0n) is 15.9. The highest BCUT2D eigenvalue weighted by Gasteiger charge is 2.10. The molecule has 2 aromatic carbocycles. The number of hydrogen-bond acceptors (Lipinski definition) is 5. The molecule has 3 rings (SSSR count). The minimum atomic E-state index is -0.127. The Morgan fingerprint density at radius 3 is 2.61 bits per heavy atom. The molecule has 0 spiro atoms. The van der Waals surface area contributed by atoms with Crippen LogP contribution in [0.3, 0.4) is 0 Å². The fraction of sp³-hybridized carbons (Fsp3) is 0.250. The summed E-state index contributed by atoms with van der Waals surface area (Å²) in [7, 11) is 3.38. The first-order valence-corrected chi connectivity index (χ1v) is 8.98. The molecule has 28 heavy (non-hydrogen) atoms. The highest BCUT2D eigenvalue weighted by atomic mass is 16.2. The molecule has 0 bridgehead atoms. The predicted molar refractivity (Wildman–Crippen MR) is 106 cm³/mol. The van der Waals surface area contributed by atoms with Gasteiger partial charge in [-0.15, -0.1) is 10.2 Å². The van der Waals surface area contributed by atoms with E-state index in [1.165, 1.54) is 9.70 Å². The van der Waals surface area contributed by atoms with Crippen LogP contribution in [0, 0.1) is 0 Å². The van der Waals surface area contributed by atoms with E-state index < -0.39 is 0 Å². The lowest BCUT2D eigenvalue weighted by molar-refractivity contribution is -0.116. The van der Waals surface area contributed by atoms with E-state index in [1.54, 1.807) is 38.4 Å². The second-order valence-electron chi connectivity index (χ2n) is 6.51. The third-order valence-corrected chi connectivity index (χ3v) is 4.05. The molecule has 2 amide bonds. The fourth-order valence-corrected chi connectivity index (χ4v) is 2.63. The van der Waals surface area contributed by atoms with E-state index in [0.29, 0.717) is 36.5 Å². The van der Waals surface area contributed by atoms with Crippen molar-refractivity contribution in [2.45, 2.75) is 19.4 Å². The molecule has 0 fully saturated rings. The zero-order valence-corrected chi connectivity index (χ0v) is 15.9. The van der Waals surface area contributed by atoms with Gasteiger partial charge in [0.2, 0.25) is 11.7 Å². The van der Waals surface area contributed by atoms with Crippen LogP contribution in [0.2, 0.25) is 0 Å². The van der Waals surface area contributed by atoms with E-state index in [2.05, 4.69) is 20.7 Å². The van der Waals surface area contributed by atoms with Gasteiger partial charge < -0.3 is 10.2 Å². The number of carbonyl (C=O) groups excluding carboxylic acids is 2. The third-order valence-electron chi connectivity index (χ3n) is 4.05. The second kappa shape index (κ2) is 8.90. The Morgan fingerprint density at radius 2 is 1.86 bits per heavy atom. The topological polar surface area (TPSA) is 93.0 Å². The number of nitrogens with one attached hydrogen (secondary N) is 1. The van der Waals surface area contributed by atoms with Crippen molar-refractivity contribution in [2.75, 3.05) is 19.4 Å². The Balaban J connectivity index is 1.50. The van der Waals surface area contributed by atoms with Crippen molar-refractivity contribution >= 4 is 17.5 Å². The Kier molecular flexibility index (Phi) is 6.11. The molecule has 1 N–H and O–H groups in total. The lowest BCUT2D eigenvalue weighted by Gasteiger charge is -2.11. The molecule has 0 radical (unpaired) electrons. The fourth-order valence-electron chi connectivity index (χ4n) is 2.63. The van der Waals surface area contributed by atoms with Crippen molar-refractivity contribution < 1.29 is 9.59 Å². The summed E-state index contributed by atoms with van der Waals surface area (Å²) in [5, 5.41) is 15.2. The molecular weight excluding hydrogens is 356 g/mol. The minimum absolute atomic E-state index is 0.109. The molecular formula is C20H22N6O2. The van der Waals surface area contributed by atoms with E-state index in [1.807, 2.05) is 30.3 Å². The van der Waals surface area contributed by atoms with Gasteiger partial charge in [0.25, 0.3) is 5.91 Å². The molecule has 1 heterocycles. The number of amides is 2. The molecule has 0 atom stereocenters. The molecule has 8 heteroatoms. The smallest absolute Gasteiger partial charge is 0.253 e. The van der Waals surface area contributed by atoms with E-state index in [9.17, 15) is 9.59 Å². The van der Waals surface area contributed by atoms with Crippen molar-refractivity contribution in [1.82, 2.24) is 25.1 Å². The molecule has 1 aromatic heterocycles. The average molecular weight is 378 g/mol. The van der Waals surface area contributed by atoms with E-state index >= 15 is 0 Å².